The number of benzene rings is 2. The Hall–Kier alpha value is -1.97. The van der Waals surface area contributed by atoms with Crippen LogP contribution in [-0.2, 0) is 6.54 Å². The molecule has 0 fully saturated rings. The molecule has 21 heavy (non-hydrogen) atoms. The molecule has 0 aliphatic carbocycles. The lowest BCUT2D eigenvalue weighted by Crippen LogP contribution is -2.00. The fraction of sp³-hybridized carbons (Fsp3) is 0.0625. The molecule has 0 saturated carbocycles. The second kappa shape index (κ2) is 6.20. The second-order valence-electron chi connectivity index (χ2n) is 4.60. The maximum atomic E-state index is 5.99. The minimum atomic E-state index is 0.552. The third-order valence-corrected chi connectivity index (χ3v) is 3.86. The molecule has 0 bridgehead atoms. The van der Waals surface area contributed by atoms with E-state index in [1.165, 1.54) is 5.56 Å². The van der Waals surface area contributed by atoms with Crippen LogP contribution in [0.1, 0.15) is 5.56 Å². The summed E-state index contributed by atoms with van der Waals surface area (Å²) >= 11 is 11.9. The van der Waals surface area contributed by atoms with Gasteiger partial charge in [-0.15, -0.1) is 0 Å². The molecule has 3 rings (SSSR count). The minimum absolute atomic E-state index is 0.552. The predicted octanol–water partition coefficient (Wildman–Crippen LogP) is 4.79. The van der Waals surface area contributed by atoms with E-state index in [1.807, 2.05) is 41.2 Å². The Kier molecular flexibility index (Phi) is 4.13. The number of nitrogens with one attached hydrogen (secondary N) is 1. The van der Waals surface area contributed by atoms with Crippen LogP contribution in [0.4, 0.5) is 5.69 Å². The third kappa shape index (κ3) is 3.38. The summed E-state index contributed by atoms with van der Waals surface area (Å²) in [6.07, 6.45) is 3.68. The van der Waals surface area contributed by atoms with E-state index in [4.69, 9.17) is 23.2 Å². The van der Waals surface area contributed by atoms with Crippen molar-refractivity contribution in [2.45, 2.75) is 6.54 Å². The first-order valence-corrected chi connectivity index (χ1v) is 7.26. The Balaban J connectivity index is 1.66. The van der Waals surface area contributed by atoms with Crippen molar-refractivity contribution in [2.75, 3.05) is 5.32 Å². The molecule has 0 aliphatic rings. The van der Waals surface area contributed by atoms with Gasteiger partial charge in [-0.05, 0) is 42.0 Å². The molecular weight excluding hydrogens is 305 g/mol. The fourth-order valence-electron chi connectivity index (χ4n) is 2.00. The monoisotopic (exact) mass is 317 g/mol. The molecule has 1 heterocycles. The average molecular weight is 318 g/mol. The summed E-state index contributed by atoms with van der Waals surface area (Å²) in [5.74, 6) is 0. The highest BCUT2D eigenvalue weighted by molar-refractivity contribution is 6.42. The van der Waals surface area contributed by atoms with Crippen LogP contribution in [0.5, 0.6) is 0 Å². The van der Waals surface area contributed by atoms with Gasteiger partial charge in [-0.2, -0.15) is 5.10 Å². The molecule has 0 unspecified atom stereocenters. The smallest absolute Gasteiger partial charge is 0.0645 e. The van der Waals surface area contributed by atoms with Crippen molar-refractivity contribution in [1.29, 1.82) is 0 Å². The van der Waals surface area contributed by atoms with Gasteiger partial charge in [0.15, 0.2) is 0 Å². The Bertz CT molecular complexity index is 722. The highest BCUT2D eigenvalue weighted by Crippen LogP contribution is 2.25. The zero-order chi connectivity index (χ0) is 14.7. The van der Waals surface area contributed by atoms with E-state index in [0.29, 0.717) is 10.0 Å². The van der Waals surface area contributed by atoms with E-state index in [9.17, 15) is 0 Å². The normalized spacial score (nSPS) is 10.6. The molecule has 0 spiro atoms. The van der Waals surface area contributed by atoms with Crippen LogP contribution in [-0.4, -0.2) is 9.78 Å². The molecule has 0 aliphatic heterocycles. The van der Waals surface area contributed by atoms with Gasteiger partial charge in [-0.25, -0.2) is 4.68 Å². The van der Waals surface area contributed by atoms with Gasteiger partial charge in [0.05, 0.1) is 15.7 Å². The van der Waals surface area contributed by atoms with Gasteiger partial charge in [-0.1, -0.05) is 35.3 Å². The molecular formula is C16H13Cl2N3. The number of anilines is 1. The molecule has 2 aromatic carbocycles. The first-order chi connectivity index (χ1) is 10.2. The highest BCUT2D eigenvalue weighted by Gasteiger charge is 2.00. The molecule has 0 radical (unpaired) electrons. The van der Waals surface area contributed by atoms with Crippen LogP contribution in [0.15, 0.2) is 60.9 Å². The van der Waals surface area contributed by atoms with Gasteiger partial charge in [0.2, 0.25) is 0 Å². The minimum Gasteiger partial charge on any atom is -0.381 e. The van der Waals surface area contributed by atoms with Gasteiger partial charge < -0.3 is 5.32 Å². The van der Waals surface area contributed by atoms with Crippen LogP contribution >= 0.6 is 23.2 Å². The Labute approximate surface area is 133 Å². The summed E-state index contributed by atoms with van der Waals surface area (Å²) in [4.78, 5) is 0. The van der Waals surface area contributed by atoms with E-state index in [1.54, 1.807) is 12.3 Å². The Morgan fingerprint density at radius 3 is 2.48 bits per heavy atom. The SMILES string of the molecule is Clc1ccc(NCc2ccc(-n3cccn3)cc2)cc1Cl. The van der Waals surface area contributed by atoms with Crippen LogP contribution in [0.3, 0.4) is 0 Å². The lowest BCUT2D eigenvalue weighted by molar-refractivity contribution is 0.879. The molecule has 5 heteroatoms. The van der Waals surface area contributed by atoms with Gasteiger partial charge in [-0.3, -0.25) is 0 Å². The number of halogens is 2. The van der Waals surface area contributed by atoms with Crippen molar-refractivity contribution in [3.05, 3.63) is 76.5 Å². The molecule has 0 atom stereocenters. The first kappa shape index (κ1) is 14.0. The molecule has 0 saturated heterocycles. The van der Waals surface area contributed by atoms with Crippen molar-refractivity contribution < 1.29 is 0 Å². The van der Waals surface area contributed by atoms with Gasteiger partial charge in [0, 0.05) is 24.6 Å². The summed E-state index contributed by atoms with van der Waals surface area (Å²) in [7, 11) is 0. The van der Waals surface area contributed by atoms with Crippen LogP contribution in [0, 0.1) is 0 Å². The van der Waals surface area contributed by atoms with Gasteiger partial charge >= 0.3 is 0 Å². The predicted molar refractivity (Wildman–Crippen MR) is 87.4 cm³/mol. The Morgan fingerprint density at radius 2 is 1.81 bits per heavy atom. The summed E-state index contributed by atoms with van der Waals surface area (Å²) in [5, 5.41) is 8.63. The molecule has 106 valence electrons. The number of hydrogen-bond donors (Lipinski definition) is 1. The summed E-state index contributed by atoms with van der Waals surface area (Å²) in [6.45, 7) is 0.720. The fourth-order valence-corrected chi connectivity index (χ4v) is 2.30. The molecule has 1 N–H and O–H groups in total. The standard InChI is InChI=1S/C16H13Cl2N3/c17-15-7-4-13(10-16(15)18)19-11-12-2-5-14(6-3-12)21-9-1-8-20-21/h1-10,19H,11H2. The van der Waals surface area contributed by atoms with Crippen molar-refractivity contribution in [3.8, 4) is 5.69 Å². The molecule has 3 nitrogen and oxygen atoms in total. The topological polar surface area (TPSA) is 29.9 Å². The first-order valence-electron chi connectivity index (χ1n) is 6.50. The van der Waals surface area contributed by atoms with Gasteiger partial charge in [0.25, 0.3) is 0 Å². The van der Waals surface area contributed by atoms with E-state index >= 15 is 0 Å². The highest BCUT2D eigenvalue weighted by atomic mass is 35.5. The van der Waals surface area contributed by atoms with E-state index in [0.717, 1.165) is 17.9 Å². The van der Waals surface area contributed by atoms with Crippen LogP contribution in [0.2, 0.25) is 10.0 Å². The number of hydrogen-bond acceptors (Lipinski definition) is 2. The number of rotatable bonds is 4. The van der Waals surface area contributed by atoms with Crippen molar-refractivity contribution in [3.63, 3.8) is 0 Å². The van der Waals surface area contributed by atoms with E-state index in [2.05, 4.69) is 22.5 Å². The van der Waals surface area contributed by atoms with Crippen molar-refractivity contribution in [1.82, 2.24) is 9.78 Å². The molecule has 0 amide bonds. The van der Waals surface area contributed by atoms with Crippen LogP contribution in [0.25, 0.3) is 5.69 Å². The molecule has 1 aromatic heterocycles. The third-order valence-electron chi connectivity index (χ3n) is 3.12. The maximum Gasteiger partial charge on any atom is 0.0645 e. The van der Waals surface area contributed by atoms with Crippen molar-refractivity contribution in [2.24, 2.45) is 0 Å². The quantitative estimate of drug-likeness (QED) is 0.749. The zero-order valence-corrected chi connectivity index (χ0v) is 12.6. The lowest BCUT2D eigenvalue weighted by atomic mass is 10.2. The van der Waals surface area contributed by atoms with E-state index < -0.39 is 0 Å². The Morgan fingerprint density at radius 1 is 1.00 bits per heavy atom. The zero-order valence-electron chi connectivity index (χ0n) is 11.1. The summed E-state index contributed by atoms with van der Waals surface area (Å²) < 4.78 is 1.83. The second-order valence-corrected chi connectivity index (χ2v) is 5.41. The largest absolute Gasteiger partial charge is 0.381 e. The van der Waals surface area contributed by atoms with Crippen molar-refractivity contribution >= 4 is 28.9 Å². The van der Waals surface area contributed by atoms with E-state index in [-0.39, 0.29) is 0 Å². The summed E-state index contributed by atoms with van der Waals surface area (Å²) in [5.41, 5.74) is 3.16. The average Bonchev–Trinajstić information content (AvgIpc) is 3.03. The van der Waals surface area contributed by atoms with Crippen LogP contribution < -0.4 is 5.32 Å². The lowest BCUT2D eigenvalue weighted by Gasteiger charge is -2.08. The maximum absolute atomic E-state index is 5.99. The molecule has 3 aromatic rings. The number of nitrogens with zero attached hydrogens (tertiary/aromatic N) is 2. The number of aromatic nitrogens is 2. The summed E-state index contributed by atoms with van der Waals surface area (Å²) in [6, 6.07) is 15.6. The van der Waals surface area contributed by atoms with Gasteiger partial charge in [0.1, 0.15) is 0 Å².